The molecule has 0 aromatic heterocycles. The van der Waals surface area contributed by atoms with Crippen LogP contribution in [0.1, 0.15) is 38.5 Å². The highest BCUT2D eigenvalue weighted by Crippen LogP contribution is 2.28. The molecular formula is C12H21NO4. The summed E-state index contributed by atoms with van der Waals surface area (Å²) in [6.07, 6.45) is 6.67. The Morgan fingerprint density at radius 3 is 2.65 bits per heavy atom. The van der Waals surface area contributed by atoms with Crippen molar-refractivity contribution in [3.8, 4) is 0 Å². The van der Waals surface area contributed by atoms with Gasteiger partial charge in [-0.25, -0.2) is 4.79 Å². The van der Waals surface area contributed by atoms with Gasteiger partial charge < -0.3 is 15.2 Å². The first kappa shape index (κ1) is 14.0. The van der Waals surface area contributed by atoms with Crippen LogP contribution in [-0.2, 0) is 14.3 Å². The zero-order valence-corrected chi connectivity index (χ0v) is 10.1. The Balaban J connectivity index is 1.92. The van der Waals surface area contributed by atoms with Gasteiger partial charge >= 0.3 is 5.97 Å². The van der Waals surface area contributed by atoms with Gasteiger partial charge in [-0.3, -0.25) is 4.79 Å². The van der Waals surface area contributed by atoms with Crippen molar-refractivity contribution in [1.82, 2.24) is 5.32 Å². The molecule has 0 spiro atoms. The van der Waals surface area contributed by atoms with E-state index in [1.165, 1.54) is 25.7 Å². The molecule has 1 rings (SSSR count). The van der Waals surface area contributed by atoms with Gasteiger partial charge in [0, 0.05) is 13.0 Å². The molecule has 0 bridgehead atoms. The number of carboxylic acid groups (broad SMARTS) is 1. The fourth-order valence-corrected chi connectivity index (χ4v) is 2.14. The van der Waals surface area contributed by atoms with E-state index in [1.54, 1.807) is 0 Å². The first-order valence-electron chi connectivity index (χ1n) is 6.24. The fourth-order valence-electron chi connectivity index (χ4n) is 2.14. The van der Waals surface area contributed by atoms with Gasteiger partial charge in [-0.2, -0.15) is 0 Å². The third-order valence-corrected chi connectivity index (χ3v) is 3.05. The molecule has 17 heavy (non-hydrogen) atoms. The lowest BCUT2D eigenvalue weighted by Gasteiger charge is -2.09. The molecule has 0 saturated heterocycles. The molecule has 0 heterocycles. The number of ether oxygens (including phenoxy) is 1. The van der Waals surface area contributed by atoms with E-state index in [9.17, 15) is 9.59 Å². The topological polar surface area (TPSA) is 75.6 Å². The second-order valence-electron chi connectivity index (χ2n) is 4.49. The summed E-state index contributed by atoms with van der Waals surface area (Å²) in [5.41, 5.74) is 0. The first-order valence-corrected chi connectivity index (χ1v) is 6.24. The summed E-state index contributed by atoms with van der Waals surface area (Å²) in [6, 6.07) is 0. The Bertz CT molecular complexity index is 249. The van der Waals surface area contributed by atoms with Crippen LogP contribution in [0.2, 0.25) is 0 Å². The van der Waals surface area contributed by atoms with E-state index < -0.39 is 5.97 Å². The van der Waals surface area contributed by atoms with Gasteiger partial charge in [-0.05, 0) is 12.3 Å². The van der Waals surface area contributed by atoms with Crippen molar-refractivity contribution >= 4 is 11.9 Å². The molecule has 1 aliphatic rings. The quantitative estimate of drug-likeness (QED) is 0.627. The minimum Gasteiger partial charge on any atom is -0.480 e. The second-order valence-corrected chi connectivity index (χ2v) is 4.49. The van der Waals surface area contributed by atoms with E-state index in [1.807, 2.05) is 0 Å². The monoisotopic (exact) mass is 243 g/mol. The molecule has 0 aromatic carbocycles. The number of hydrogen-bond acceptors (Lipinski definition) is 3. The maximum Gasteiger partial charge on any atom is 0.329 e. The van der Waals surface area contributed by atoms with E-state index >= 15 is 0 Å². The summed E-state index contributed by atoms with van der Waals surface area (Å²) in [6.45, 7) is 0.330. The van der Waals surface area contributed by atoms with E-state index in [0.717, 1.165) is 12.3 Å². The average Bonchev–Trinajstić information content (AvgIpc) is 2.78. The van der Waals surface area contributed by atoms with Crippen LogP contribution in [0.3, 0.4) is 0 Å². The Kier molecular flexibility index (Phi) is 6.62. The van der Waals surface area contributed by atoms with Crippen LogP contribution in [0.4, 0.5) is 0 Å². The van der Waals surface area contributed by atoms with E-state index in [0.29, 0.717) is 13.0 Å². The summed E-state index contributed by atoms with van der Waals surface area (Å²) >= 11 is 0. The summed E-state index contributed by atoms with van der Waals surface area (Å²) in [4.78, 5) is 21.5. The van der Waals surface area contributed by atoms with Crippen molar-refractivity contribution in [3.63, 3.8) is 0 Å². The molecule has 0 unspecified atom stereocenters. The summed E-state index contributed by atoms with van der Waals surface area (Å²) in [5.74, 6) is -0.225. The van der Waals surface area contributed by atoms with E-state index in [4.69, 9.17) is 9.84 Å². The largest absolute Gasteiger partial charge is 0.480 e. The molecule has 0 aromatic rings. The molecule has 5 nitrogen and oxygen atoms in total. The zero-order chi connectivity index (χ0) is 12.5. The van der Waals surface area contributed by atoms with Crippen molar-refractivity contribution < 1.29 is 19.4 Å². The highest BCUT2D eigenvalue weighted by molar-refractivity contribution is 5.75. The van der Waals surface area contributed by atoms with Crippen LogP contribution >= 0.6 is 0 Å². The minimum atomic E-state index is -0.988. The lowest BCUT2D eigenvalue weighted by Crippen LogP contribution is -2.28. The number of aliphatic carboxylic acids is 1. The number of carbonyl (C=O) groups excluding carboxylic acids is 1. The van der Waals surface area contributed by atoms with Gasteiger partial charge in [0.1, 0.15) is 6.61 Å². The number of amides is 1. The second kappa shape index (κ2) is 8.06. The van der Waals surface area contributed by atoms with Gasteiger partial charge in [0.25, 0.3) is 0 Å². The van der Waals surface area contributed by atoms with Gasteiger partial charge in [-0.15, -0.1) is 0 Å². The number of carbonyl (C=O) groups is 2. The van der Waals surface area contributed by atoms with Crippen LogP contribution in [-0.4, -0.2) is 36.7 Å². The Morgan fingerprint density at radius 1 is 1.29 bits per heavy atom. The van der Waals surface area contributed by atoms with Gasteiger partial charge in [0.2, 0.25) is 5.91 Å². The number of nitrogens with one attached hydrogen (secondary N) is 1. The smallest absolute Gasteiger partial charge is 0.329 e. The number of carboxylic acids is 1. The minimum absolute atomic E-state index is 0.0378. The molecule has 5 heteroatoms. The van der Waals surface area contributed by atoms with Gasteiger partial charge in [0.05, 0.1) is 6.61 Å². The third-order valence-electron chi connectivity index (χ3n) is 3.05. The SMILES string of the molecule is O=C(O)COCCNC(=O)CCC1CCCC1. The fraction of sp³-hybridized carbons (Fsp3) is 0.833. The van der Waals surface area contributed by atoms with Crippen LogP contribution < -0.4 is 5.32 Å². The maximum absolute atomic E-state index is 11.4. The summed E-state index contributed by atoms with van der Waals surface area (Å²) in [5, 5.41) is 11.0. The van der Waals surface area contributed by atoms with Crippen molar-refractivity contribution in [2.24, 2.45) is 5.92 Å². The molecule has 0 atom stereocenters. The first-order chi connectivity index (χ1) is 8.18. The number of hydrogen-bond donors (Lipinski definition) is 2. The van der Waals surface area contributed by atoms with Crippen LogP contribution in [0.25, 0.3) is 0 Å². The van der Waals surface area contributed by atoms with Crippen molar-refractivity contribution in [2.75, 3.05) is 19.8 Å². The predicted molar refractivity (Wildman–Crippen MR) is 62.7 cm³/mol. The molecule has 1 aliphatic carbocycles. The molecule has 2 N–H and O–H groups in total. The highest BCUT2D eigenvalue weighted by atomic mass is 16.5. The Hall–Kier alpha value is -1.10. The van der Waals surface area contributed by atoms with Crippen LogP contribution in [0, 0.1) is 5.92 Å². The molecule has 0 radical (unpaired) electrons. The van der Waals surface area contributed by atoms with E-state index in [2.05, 4.69) is 5.32 Å². The predicted octanol–water partition coefficient (Wildman–Crippen LogP) is 1.17. The summed E-state index contributed by atoms with van der Waals surface area (Å²) < 4.78 is 4.81. The van der Waals surface area contributed by atoms with Crippen molar-refractivity contribution in [3.05, 3.63) is 0 Å². The molecule has 0 aliphatic heterocycles. The van der Waals surface area contributed by atoms with Crippen LogP contribution in [0.15, 0.2) is 0 Å². The Morgan fingerprint density at radius 2 is 2.00 bits per heavy atom. The Labute approximate surface area is 102 Å². The highest BCUT2D eigenvalue weighted by Gasteiger charge is 2.15. The normalized spacial score (nSPS) is 16.0. The molecule has 1 amide bonds. The van der Waals surface area contributed by atoms with Crippen molar-refractivity contribution in [1.29, 1.82) is 0 Å². The summed E-state index contributed by atoms with van der Waals surface area (Å²) in [7, 11) is 0. The molecule has 1 fully saturated rings. The standard InChI is InChI=1S/C12H21NO4/c14-11(6-5-10-3-1-2-4-10)13-7-8-17-9-12(15)16/h10H,1-9H2,(H,13,14)(H,15,16). The number of rotatable bonds is 8. The third kappa shape index (κ3) is 6.94. The zero-order valence-electron chi connectivity index (χ0n) is 10.1. The van der Waals surface area contributed by atoms with Crippen LogP contribution in [0.5, 0.6) is 0 Å². The lowest BCUT2D eigenvalue weighted by atomic mass is 10.0. The molecule has 1 saturated carbocycles. The maximum atomic E-state index is 11.4. The molecular weight excluding hydrogens is 222 g/mol. The van der Waals surface area contributed by atoms with Gasteiger partial charge in [-0.1, -0.05) is 25.7 Å². The molecule has 98 valence electrons. The lowest BCUT2D eigenvalue weighted by molar-refractivity contribution is -0.142. The van der Waals surface area contributed by atoms with Gasteiger partial charge in [0.15, 0.2) is 0 Å². The van der Waals surface area contributed by atoms with E-state index in [-0.39, 0.29) is 19.1 Å². The van der Waals surface area contributed by atoms with Crippen molar-refractivity contribution in [2.45, 2.75) is 38.5 Å². The average molecular weight is 243 g/mol.